The molecule has 0 aromatic heterocycles. The van der Waals surface area contributed by atoms with E-state index in [4.69, 9.17) is 11.6 Å². The molecule has 118 valence electrons. The second kappa shape index (κ2) is 6.50. The molecule has 3 amide bonds. The van der Waals surface area contributed by atoms with Crippen molar-refractivity contribution in [2.24, 2.45) is 0 Å². The van der Waals surface area contributed by atoms with E-state index in [9.17, 15) is 9.59 Å². The maximum Gasteiger partial charge on any atom is 0.325 e. The second-order valence-electron chi connectivity index (χ2n) is 5.83. The number of amides is 3. The molecule has 3 rings (SSSR count). The lowest BCUT2D eigenvalue weighted by Gasteiger charge is -2.30. The fraction of sp³-hybridized carbons (Fsp3) is 0.500. The molecular weight excluding hydrogens is 320 g/mol. The van der Waals surface area contributed by atoms with Crippen molar-refractivity contribution < 1.29 is 9.59 Å². The maximum atomic E-state index is 12.6. The maximum absolute atomic E-state index is 12.6. The highest BCUT2D eigenvalue weighted by Gasteiger charge is 2.50. The van der Waals surface area contributed by atoms with Crippen LogP contribution in [0.15, 0.2) is 29.2 Å². The summed E-state index contributed by atoms with van der Waals surface area (Å²) in [5.41, 5.74) is -0.611. The smallest absolute Gasteiger partial charge is 0.323 e. The number of urea groups is 1. The van der Waals surface area contributed by atoms with Crippen LogP contribution in [0, 0.1) is 0 Å². The van der Waals surface area contributed by atoms with Crippen LogP contribution in [0.4, 0.5) is 4.79 Å². The molecule has 1 N–H and O–H groups in total. The quantitative estimate of drug-likeness (QED) is 0.673. The van der Waals surface area contributed by atoms with Crippen LogP contribution in [-0.2, 0) is 4.79 Å². The van der Waals surface area contributed by atoms with Crippen molar-refractivity contribution in [1.29, 1.82) is 0 Å². The number of carbonyl (C=O) groups is 2. The molecule has 1 aliphatic carbocycles. The summed E-state index contributed by atoms with van der Waals surface area (Å²) in [6.45, 7) is 0.444. The van der Waals surface area contributed by atoms with Gasteiger partial charge in [-0.3, -0.25) is 9.69 Å². The summed E-state index contributed by atoms with van der Waals surface area (Å²) in [4.78, 5) is 27.2. The number of benzene rings is 1. The monoisotopic (exact) mass is 338 g/mol. The summed E-state index contributed by atoms with van der Waals surface area (Å²) in [5.74, 6) is 0.658. The summed E-state index contributed by atoms with van der Waals surface area (Å²) >= 11 is 7.48. The third-order valence-electron chi connectivity index (χ3n) is 4.35. The molecule has 0 bridgehead atoms. The zero-order valence-corrected chi connectivity index (χ0v) is 13.9. The van der Waals surface area contributed by atoms with Crippen molar-refractivity contribution in [3.63, 3.8) is 0 Å². The van der Waals surface area contributed by atoms with Gasteiger partial charge in [-0.25, -0.2) is 4.79 Å². The average molecular weight is 339 g/mol. The molecule has 4 nitrogen and oxygen atoms in total. The van der Waals surface area contributed by atoms with E-state index in [2.05, 4.69) is 5.32 Å². The number of thioether (sulfide) groups is 1. The minimum absolute atomic E-state index is 0.0334. The minimum Gasteiger partial charge on any atom is -0.323 e. The molecule has 0 radical (unpaired) electrons. The van der Waals surface area contributed by atoms with E-state index in [1.807, 2.05) is 24.3 Å². The lowest BCUT2D eigenvalue weighted by atomic mass is 9.82. The Morgan fingerprint density at radius 1 is 1.14 bits per heavy atom. The predicted octanol–water partition coefficient (Wildman–Crippen LogP) is 3.69. The van der Waals surface area contributed by atoms with Crippen molar-refractivity contribution in [3.05, 3.63) is 29.3 Å². The predicted molar refractivity (Wildman–Crippen MR) is 88.2 cm³/mol. The van der Waals surface area contributed by atoms with Crippen LogP contribution >= 0.6 is 23.4 Å². The van der Waals surface area contributed by atoms with Crippen LogP contribution < -0.4 is 5.32 Å². The van der Waals surface area contributed by atoms with Gasteiger partial charge in [0, 0.05) is 22.2 Å². The fourth-order valence-electron chi connectivity index (χ4n) is 3.16. The third kappa shape index (κ3) is 3.10. The molecular formula is C16H19ClN2O2S. The SMILES string of the molecule is O=C1NC2(CCCCC2)C(=O)N1CCSc1ccc(Cl)cc1. The summed E-state index contributed by atoms with van der Waals surface area (Å²) in [6.07, 6.45) is 4.73. The molecule has 1 aromatic carbocycles. The number of hydrogen-bond donors (Lipinski definition) is 1. The largest absolute Gasteiger partial charge is 0.325 e. The van der Waals surface area contributed by atoms with Gasteiger partial charge in [0.1, 0.15) is 5.54 Å². The Balaban J connectivity index is 1.57. The van der Waals surface area contributed by atoms with Gasteiger partial charge in [-0.15, -0.1) is 11.8 Å². The van der Waals surface area contributed by atoms with Gasteiger partial charge in [-0.2, -0.15) is 0 Å². The van der Waals surface area contributed by atoms with Gasteiger partial charge in [-0.05, 0) is 37.1 Å². The zero-order valence-electron chi connectivity index (χ0n) is 12.3. The highest BCUT2D eigenvalue weighted by molar-refractivity contribution is 7.99. The number of rotatable bonds is 4. The van der Waals surface area contributed by atoms with Crippen LogP contribution in [0.5, 0.6) is 0 Å². The van der Waals surface area contributed by atoms with Gasteiger partial charge < -0.3 is 5.32 Å². The lowest BCUT2D eigenvalue weighted by molar-refractivity contribution is -0.132. The van der Waals surface area contributed by atoms with E-state index >= 15 is 0 Å². The molecule has 0 unspecified atom stereocenters. The highest BCUT2D eigenvalue weighted by atomic mass is 35.5. The molecule has 1 aromatic rings. The van der Waals surface area contributed by atoms with E-state index in [1.165, 1.54) is 4.90 Å². The van der Waals surface area contributed by atoms with E-state index < -0.39 is 5.54 Å². The van der Waals surface area contributed by atoms with Gasteiger partial charge in [0.15, 0.2) is 0 Å². The van der Waals surface area contributed by atoms with Crippen LogP contribution in [0.2, 0.25) is 5.02 Å². The number of imide groups is 1. The normalized spacial score (nSPS) is 20.5. The van der Waals surface area contributed by atoms with Crippen molar-refractivity contribution in [1.82, 2.24) is 10.2 Å². The number of carbonyl (C=O) groups excluding carboxylic acids is 2. The Labute approximate surface area is 139 Å². The van der Waals surface area contributed by atoms with Crippen molar-refractivity contribution in [2.75, 3.05) is 12.3 Å². The minimum atomic E-state index is -0.611. The van der Waals surface area contributed by atoms with Gasteiger partial charge in [0.05, 0.1) is 0 Å². The van der Waals surface area contributed by atoms with Gasteiger partial charge in [-0.1, -0.05) is 30.9 Å². The average Bonchev–Trinajstić information content (AvgIpc) is 2.74. The summed E-state index contributed by atoms with van der Waals surface area (Å²) in [6, 6.07) is 7.34. The van der Waals surface area contributed by atoms with E-state index in [0.717, 1.165) is 37.0 Å². The Kier molecular flexibility index (Phi) is 4.64. The topological polar surface area (TPSA) is 49.4 Å². The van der Waals surface area contributed by atoms with E-state index in [-0.39, 0.29) is 11.9 Å². The number of hydrogen-bond acceptors (Lipinski definition) is 3. The molecule has 6 heteroatoms. The van der Waals surface area contributed by atoms with Crippen LogP contribution in [0.1, 0.15) is 32.1 Å². The van der Waals surface area contributed by atoms with Gasteiger partial charge in [0.2, 0.25) is 0 Å². The Bertz CT molecular complexity index is 570. The van der Waals surface area contributed by atoms with Crippen molar-refractivity contribution in [3.8, 4) is 0 Å². The second-order valence-corrected chi connectivity index (χ2v) is 7.44. The first kappa shape index (κ1) is 15.7. The third-order valence-corrected chi connectivity index (χ3v) is 5.59. The van der Waals surface area contributed by atoms with Crippen LogP contribution in [0.25, 0.3) is 0 Å². The van der Waals surface area contributed by atoms with Crippen LogP contribution in [-0.4, -0.2) is 34.7 Å². The molecule has 2 fully saturated rings. The summed E-state index contributed by atoms with van der Waals surface area (Å²) in [7, 11) is 0. The van der Waals surface area contributed by atoms with Crippen LogP contribution in [0.3, 0.4) is 0 Å². The molecule has 1 aliphatic heterocycles. The fourth-order valence-corrected chi connectivity index (χ4v) is 4.12. The Morgan fingerprint density at radius 3 is 2.50 bits per heavy atom. The molecule has 1 spiro atoms. The first-order valence-corrected chi connectivity index (χ1v) is 9.00. The number of nitrogens with zero attached hydrogens (tertiary/aromatic N) is 1. The molecule has 22 heavy (non-hydrogen) atoms. The highest BCUT2D eigenvalue weighted by Crippen LogP contribution is 2.33. The summed E-state index contributed by atoms with van der Waals surface area (Å²) in [5, 5.41) is 3.64. The van der Waals surface area contributed by atoms with Gasteiger partial charge in [0.25, 0.3) is 5.91 Å². The van der Waals surface area contributed by atoms with E-state index in [1.54, 1.807) is 11.8 Å². The first-order chi connectivity index (χ1) is 10.6. The zero-order chi connectivity index (χ0) is 15.6. The molecule has 1 saturated carbocycles. The molecule has 0 atom stereocenters. The Morgan fingerprint density at radius 2 is 1.82 bits per heavy atom. The number of nitrogens with one attached hydrogen (secondary N) is 1. The van der Waals surface area contributed by atoms with E-state index in [0.29, 0.717) is 17.3 Å². The Hall–Kier alpha value is -1.20. The van der Waals surface area contributed by atoms with Crippen molar-refractivity contribution >= 4 is 35.3 Å². The van der Waals surface area contributed by atoms with Gasteiger partial charge >= 0.3 is 6.03 Å². The lowest BCUT2D eigenvalue weighted by Crippen LogP contribution is -2.48. The first-order valence-electron chi connectivity index (χ1n) is 7.63. The molecule has 1 heterocycles. The molecule has 2 aliphatic rings. The van der Waals surface area contributed by atoms with Crippen molar-refractivity contribution in [2.45, 2.75) is 42.5 Å². The molecule has 1 saturated heterocycles. The standard InChI is InChI=1S/C16H19ClN2O2S/c17-12-4-6-13(7-5-12)22-11-10-19-14(20)16(18-15(19)21)8-2-1-3-9-16/h4-7H,1-3,8-11H2,(H,18,21). The summed E-state index contributed by atoms with van der Waals surface area (Å²) < 4.78 is 0. The number of halogens is 1.